The molecule has 92 valence electrons. The molecule has 0 saturated carbocycles. The van der Waals surface area contributed by atoms with Gasteiger partial charge in [-0.25, -0.2) is 9.97 Å². The van der Waals surface area contributed by atoms with Gasteiger partial charge in [0.15, 0.2) is 5.84 Å². The maximum Gasteiger partial charge on any atom is 0.190 e. The van der Waals surface area contributed by atoms with Crippen LogP contribution in [0.15, 0.2) is 51.7 Å². The Morgan fingerprint density at radius 1 is 1.33 bits per heavy atom. The second kappa shape index (κ2) is 5.50. The molecule has 0 radical (unpaired) electrons. The summed E-state index contributed by atoms with van der Waals surface area (Å²) in [4.78, 5) is 9.37. The molecule has 0 aliphatic heterocycles. The predicted octanol–water partition coefficient (Wildman–Crippen LogP) is 2.03. The molecule has 18 heavy (non-hydrogen) atoms. The Kier molecular flexibility index (Phi) is 3.78. The summed E-state index contributed by atoms with van der Waals surface area (Å²) in [5.74, 6) is -0.0467. The minimum Gasteiger partial charge on any atom is -0.409 e. The fraction of sp³-hybridized carbons (Fsp3) is 0.0833. The third kappa shape index (κ3) is 2.98. The Bertz CT molecular complexity index is 569. The van der Waals surface area contributed by atoms with Crippen molar-refractivity contribution in [2.45, 2.75) is 16.8 Å². The molecule has 3 N–H and O–H groups in total. The zero-order chi connectivity index (χ0) is 13.0. The summed E-state index contributed by atoms with van der Waals surface area (Å²) in [6.45, 7) is 2.04. The van der Waals surface area contributed by atoms with Crippen LogP contribution in [0, 0.1) is 6.92 Å². The van der Waals surface area contributed by atoms with Crippen molar-refractivity contribution in [1.29, 1.82) is 0 Å². The highest BCUT2D eigenvalue weighted by Gasteiger charge is 2.03. The molecule has 0 saturated heterocycles. The summed E-state index contributed by atoms with van der Waals surface area (Å²) in [6.07, 6.45) is 3.08. The monoisotopic (exact) mass is 260 g/mol. The highest BCUT2D eigenvalue weighted by Crippen LogP contribution is 2.25. The number of hydrogen-bond acceptors (Lipinski definition) is 5. The van der Waals surface area contributed by atoms with Gasteiger partial charge in [0.1, 0.15) is 10.7 Å². The lowest BCUT2D eigenvalue weighted by Crippen LogP contribution is -2.15. The number of nitrogens with zero attached hydrogens (tertiary/aromatic N) is 3. The average molecular weight is 260 g/mol. The Morgan fingerprint density at radius 3 is 2.78 bits per heavy atom. The maximum absolute atomic E-state index is 8.51. The van der Waals surface area contributed by atoms with Gasteiger partial charge in [-0.05, 0) is 19.1 Å². The fourth-order valence-corrected chi connectivity index (χ4v) is 2.20. The normalized spacial score (nSPS) is 11.5. The zero-order valence-corrected chi connectivity index (χ0v) is 10.6. The molecule has 1 aromatic heterocycles. The second-order valence-corrected chi connectivity index (χ2v) is 4.74. The molecule has 0 spiro atoms. The SMILES string of the molecule is Cc1cccc(Sc2cnc(C(N)=NO)cn2)c1. The predicted molar refractivity (Wildman–Crippen MR) is 69.8 cm³/mol. The molecular weight excluding hydrogens is 248 g/mol. The molecule has 0 atom stereocenters. The van der Waals surface area contributed by atoms with E-state index in [1.807, 2.05) is 25.1 Å². The van der Waals surface area contributed by atoms with Crippen LogP contribution in [0.25, 0.3) is 0 Å². The summed E-state index contributed by atoms with van der Waals surface area (Å²) in [6, 6.07) is 8.12. The number of benzene rings is 1. The lowest BCUT2D eigenvalue weighted by molar-refractivity contribution is 0.318. The molecule has 5 nitrogen and oxygen atoms in total. The minimum absolute atomic E-state index is 0.0467. The fourth-order valence-electron chi connectivity index (χ4n) is 1.35. The number of aromatic nitrogens is 2. The Labute approximate surface area is 109 Å². The van der Waals surface area contributed by atoms with Gasteiger partial charge >= 0.3 is 0 Å². The van der Waals surface area contributed by atoms with Crippen molar-refractivity contribution in [3.8, 4) is 0 Å². The van der Waals surface area contributed by atoms with Gasteiger partial charge in [-0.3, -0.25) is 0 Å². The largest absolute Gasteiger partial charge is 0.409 e. The van der Waals surface area contributed by atoms with Crippen molar-refractivity contribution < 1.29 is 5.21 Å². The van der Waals surface area contributed by atoms with Gasteiger partial charge in [0.2, 0.25) is 0 Å². The first-order valence-electron chi connectivity index (χ1n) is 5.23. The molecule has 0 fully saturated rings. The lowest BCUT2D eigenvalue weighted by atomic mass is 10.2. The summed E-state index contributed by atoms with van der Waals surface area (Å²) in [5.41, 5.74) is 6.96. The van der Waals surface area contributed by atoms with Crippen molar-refractivity contribution in [3.05, 3.63) is 47.9 Å². The summed E-state index contributed by atoms with van der Waals surface area (Å²) < 4.78 is 0. The first-order valence-corrected chi connectivity index (χ1v) is 6.05. The van der Waals surface area contributed by atoms with Crippen molar-refractivity contribution in [3.63, 3.8) is 0 Å². The molecule has 1 heterocycles. The van der Waals surface area contributed by atoms with E-state index in [0.717, 1.165) is 9.92 Å². The van der Waals surface area contributed by atoms with Crippen LogP contribution in [0.4, 0.5) is 0 Å². The van der Waals surface area contributed by atoms with E-state index in [2.05, 4.69) is 21.2 Å². The molecule has 0 bridgehead atoms. The Morgan fingerprint density at radius 2 is 2.17 bits per heavy atom. The van der Waals surface area contributed by atoms with Crippen LogP contribution < -0.4 is 5.73 Å². The van der Waals surface area contributed by atoms with Crippen LogP contribution in [0.3, 0.4) is 0 Å². The molecule has 0 aliphatic carbocycles. The second-order valence-electron chi connectivity index (χ2n) is 3.64. The van der Waals surface area contributed by atoms with Crippen molar-refractivity contribution in [2.75, 3.05) is 0 Å². The lowest BCUT2D eigenvalue weighted by Gasteiger charge is -2.02. The third-order valence-corrected chi connectivity index (χ3v) is 3.12. The third-order valence-electron chi connectivity index (χ3n) is 2.21. The number of rotatable bonds is 3. The summed E-state index contributed by atoms with van der Waals surface area (Å²) in [7, 11) is 0. The number of nitrogens with two attached hydrogens (primary N) is 1. The van der Waals surface area contributed by atoms with Crippen LogP contribution in [-0.4, -0.2) is 21.0 Å². The van der Waals surface area contributed by atoms with E-state index in [-0.39, 0.29) is 5.84 Å². The molecule has 0 aliphatic rings. The van der Waals surface area contributed by atoms with Crippen LogP contribution in [0.5, 0.6) is 0 Å². The molecule has 6 heteroatoms. The van der Waals surface area contributed by atoms with E-state index in [0.29, 0.717) is 5.69 Å². The maximum atomic E-state index is 8.51. The van der Waals surface area contributed by atoms with E-state index in [1.165, 1.54) is 23.5 Å². The van der Waals surface area contributed by atoms with Gasteiger partial charge in [0.25, 0.3) is 0 Å². The van der Waals surface area contributed by atoms with Crippen LogP contribution in [-0.2, 0) is 0 Å². The van der Waals surface area contributed by atoms with Gasteiger partial charge in [0.05, 0.1) is 12.4 Å². The molecule has 1 aromatic carbocycles. The molecule has 0 unspecified atom stereocenters. The average Bonchev–Trinajstić information content (AvgIpc) is 2.39. The van der Waals surface area contributed by atoms with E-state index in [4.69, 9.17) is 10.9 Å². The van der Waals surface area contributed by atoms with Crippen molar-refractivity contribution in [2.24, 2.45) is 10.9 Å². The first kappa shape index (κ1) is 12.4. The van der Waals surface area contributed by atoms with Gasteiger partial charge in [0, 0.05) is 4.90 Å². The quantitative estimate of drug-likeness (QED) is 0.382. The molecular formula is C12H12N4OS. The summed E-state index contributed by atoms with van der Waals surface area (Å²) >= 11 is 1.51. The van der Waals surface area contributed by atoms with E-state index >= 15 is 0 Å². The molecule has 0 amide bonds. The highest BCUT2D eigenvalue weighted by molar-refractivity contribution is 7.99. The molecule has 2 rings (SSSR count). The van der Waals surface area contributed by atoms with E-state index in [9.17, 15) is 0 Å². The Hall–Kier alpha value is -2.08. The van der Waals surface area contributed by atoms with Gasteiger partial charge < -0.3 is 10.9 Å². The van der Waals surface area contributed by atoms with E-state index in [1.54, 1.807) is 6.20 Å². The smallest absolute Gasteiger partial charge is 0.190 e. The Balaban J connectivity index is 2.16. The standard InChI is InChI=1S/C12H12N4OS/c1-8-3-2-4-9(5-8)18-11-7-14-10(6-15-11)12(13)16-17/h2-7,17H,1H3,(H2,13,16). The summed E-state index contributed by atoms with van der Waals surface area (Å²) in [5, 5.41) is 12.1. The van der Waals surface area contributed by atoms with Gasteiger partial charge in [-0.15, -0.1) is 0 Å². The van der Waals surface area contributed by atoms with E-state index < -0.39 is 0 Å². The zero-order valence-electron chi connectivity index (χ0n) is 9.74. The number of oxime groups is 1. The molecule has 2 aromatic rings. The minimum atomic E-state index is -0.0467. The van der Waals surface area contributed by atoms with Crippen LogP contribution in [0.1, 0.15) is 11.3 Å². The van der Waals surface area contributed by atoms with Crippen molar-refractivity contribution in [1.82, 2.24) is 9.97 Å². The number of amidine groups is 1. The van der Waals surface area contributed by atoms with Gasteiger partial charge in [-0.1, -0.05) is 34.6 Å². The number of aryl methyl sites for hydroxylation is 1. The van der Waals surface area contributed by atoms with Crippen LogP contribution in [0.2, 0.25) is 0 Å². The van der Waals surface area contributed by atoms with Gasteiger partial charge in [-0.2, -0.15) is 0 Å². The topological polar surface area (TPSA) is 84.4 Å². The van der Waals surface area contributed by atoms with Crippen LogP contribution >= 0.6 is 11.8 Å². The first-order chi connectivity index (χ1) is 8.69. The number of hydrogen-bond donors (Lipinski definition) is 2. The highest BCUT2D eigenvalue weighted by atomic mass is 32.2. The van der Waals surface area contributed by atoms with Crippen molar-refractivity contribution >= 4 is 17.6 Å².